The van der Waals surface area contributed by atoms with Gasteiger partial charge in [0.25, 0.3) is 0 Å². The lowest BCUT2D eigenvalue weighted by molar-refractivity contribution is -0.289. The van der Waals surface area contributed by atoms with E-state index in [-0.39, 0.29) is 11.5 Å². The van der Waals surface area contributed by atoms with Crippen molar-refractivity contribution < 1.29 is 19.3 Å². The van der Waals surface area contributed by atoms with Gasteiger partial charge < -0.3 is 19.3 Å². The molecule has 0 radical (unpaired) electrons. The maximum absolute atomic E-state index is 10.7. The second kappa shape index (κ2) is 3.84. The minimum atomic E-state index is -0.833. The molecule has 118 valence electrons. The van der Waals surface area contributed by atoms with Crippen molar-refractivity contribution in [3.8, 4) is 0 Å². The predicted molar refractivity (Wildman–Crippen MR) is 75.3 cm³/mol. The normalized spacial score (nSPS) is 60.4. The quantitative estimate of drug-likeness (QED) is 0.807. The van der Waals surface area contributed by atoms with Crippen molar-refractivity contribution in [2.24, 2.45) is 23.2 Å². The highest BCUT2D eigenvalue weighted by atomic mass is 16.8. The van der Waals surface area contributed by atoms with Gasteiger partial charge in [0.05, 0.1) is 6.61 Å². The van der Waals surface area contributed by atoms with Gasteiger partial charge in [-0.2, -0.15) is 0 Å². The Morgan fingerprint density at radius 2 is 1.52 bits per heavy atom. The fraction of sp³-hybridized carbons (Fsp3) is 1.00. The topological polar surface area (TPSA) is 47.9 Å². The minimum Gasteiger partial charge on any atom is -0.365 e. The zero-order valence-electron chi connectivity index (χ0n) is 13.0. The first-order valence-corrected chi connectivity index (χ1v) is 8.60. The van der Waals surface area contributed by atoms with Crippen LogP contribution in [0.15, 0.2) is 0 Å². The lowest BCUT2D eigenvalue weighted by atomic mass is 9.44. The summed E-state index contributed by atoms with van der Waals surface area (Å²) in [6.45, 7) is 4.41. The van der Waals surface area contributed by atoms with Gasteiger partial charge in [0.2, 0.25) is 0 Å². The molecule has 0 amide bonds. The Morgan fingerprint density at radius 1 is 0.952 bits per heavy atom. The van der Waals surface area contributed by atoms with E-state index in [0.29, 0.717) is 6.61 Å². The molecular formula is C17H26O4. The molecule has 4 bridgehead atoms. The molecule has 1 unspecified atom stereocenters. The van der Waals surface area contributed by atoms with E-state index < -0.39 is 17.7 Å². The third-order valence-corrected chi connectivity index (χ3v) is 6.96. The van der Waals surface area contributed by atoms with Crippen LogP contribution in [-0.2, 0) is 14.2 Å². The molecule has 4 saturated carbocycles. The molecule has 0 aromatic carbocycles. The lowest BCUT2D eigenvalue weighted by Crippen LogP contribution is -2.65. The number of ether oxygens (including phenoxy) is 3. The molecule has 2 saturated heterocycles. The zero-order valence-corrected chi connectivity index (χ0v) is 13.0. The summed E-state index contributed by atoms with van der Waals surface area (Å²) in [5.41, 5.74) is -0.567. The van der Waals surface area contributed by atoms with Gasteiger partial charge in [0.1, 0.15) is 6.10 Å². The van der Waals surface area contributed by atoms with Crippen LogP contribution in [0.25, 0.3) is 0 Å². The maximum Gasteiger partial charge on any atom is 0.187 e. The Morgan fingerprint density at radius 3 is 2.10 bits per heavy atom. The zero-order chi connectivity index (χ0) is 14.5. The summed E-state index contributed by atoms with van der Waals surface area (Å²) in [6.07, 6.45) is 6.79. The first-order valence-electron chi connectivity index (χ1n) is 8.60. The average Bonchev–Trinajstić information content (AvgIpc) is 2.82. The average molecular weight is 294 g/mol. The molecule has 0 aromatic rings. The Kier molecular flexibility index (Phi) is 2.43. The molecule has 3 atom stereocenters. The second-order valence-corrected chi connectivity index (χ2v) is 8.79. The van der Waals surface area contributed by atoms with Crippen molar-refractivity contribution in [1.29, 1.82) is 0 Å². The van der Waals surface area contributed by atoms with Gasteiger partial charge in [-0.1, -0.05) is 0 Å². The highest BCUT2D eigenvalue weighted by molar-refractivity contribution is 5.18. The molecule has 2 heterocycles. The van der Waals surface area contributed by atoms with Gasteiger partial charge in [0.15, 0.2) is 17.7 Å². The van der Waals surface area contributed by atoms with Crippen molar-refractivity contribution in [3.63, 3.8) is 0 Å². The summed E-state index contributed by atoms with van der Waals surface area (Å²) >= 11 is 0. The highest BCUT2D eigenvalue weighted by Crippen LogP contribution is 2.68. The number of hydrogen-bond acceptors (Lipinski definition) is 4. The van der Waals surface area contributed by atoms with Crippen molar-refractivity contribution in [3.05, 3.63) is 0 Å². The molecule has 0 aromatic heterocycles. The number of hydrogen-bond donors (Lipinski definition) is 1. The van der Waals surface area contributed by atoms with Crippen LogP contribution >= 0.6 is 0 Å². The van der Waals surface area contributed by atoms with Crippen molar-refractivity contribution in [2.75, 3.05) is 6.61 Å². The van der Waals surface area contributed by atoms with E-state index in [1.807, 2.05) is 13.8 Å². The summed E-state index contributed by atoms with van der Waals surface area (Å²) in [4.78, 5) is 0. The van der Waals surface area contributed by atoms with Crippen LogP contribution in [0.4, 0.5) is 0 Å². The van der Waals surface area contributed by atoms with Gasteiger partial charge in [-0.3, -0.25) is 0 Å². The Balaban J connectivity index is 1.61. The highest BCUT2D eigenvalue weighted by Gasteiger charge is 2.73. The van der Waals surface area contributed by atoms with Gasteiger partial charge in [-0.05, 0) is 70.1 Å². The van der Waals surface area contributed by atoms with E-state index in [1.165, 1.54) is 38.5 Å². The third-order valence-electron chi connectivity index (χ3n) is 6.96. The fourth-order valence-electron chi connectivity index (χ4n) is 6.90. The van der Waals surface area contributed by atoms with E-state index in [1.54, 1.807) is 0 Å². The number of aliphatic hydroxyl groups is 1. The van der Waals surface area contributed by atoms with Crippen molar-refractivity contribution in [2.45, 2.75) is 76.2 Å². The lowest BCUT2D eigenvalue weighted by Gasteiger charge is -2.62. The molecule has 1 N–H and O–H groups in total. The van der Waals surface area contributed by atoms with E-state index in [2.05, 4.69) is 0 Å². The van der Waals surface area contributed by atoms with Crippen molar-refractivity contribution in [1.82, 2.24) is 0 Å². The summed E-state index contributed by atoms with van der Waals surface area (Å²) in [6, 6.07) is 0. The minimum absolute atomic E-state index is 0.0656. The number of rotatable bonds is 1. The number of fused-ring (bicyclic) bond motifs is 1. The molecular weight excluding hydrogens is 268 g/mol. The molecule has 4 nitrogen and oxygen atoms in total. The van der Waals surface area contributed by atoms with Crippen LogP contribution in [0.3, 0.4) is 0 Å². The van der Waals surface area contributed by atoms with Gasteiger partial charge in [-0.25, -0.2) is 0 Å². The van der Waals surface area contributed by atoms with Crippen LogP contribution in [0.5, 0.6) is 0 Å². The van der Waals surface area contributed by atoms with Gasteiger partial charge in [0, 0.05) is 5.41 Å². The Hall–Kier alpha value is -0.160. The predicted octanol–water partition coefficient (Wildman–Crippen LogP) is 2.44. The number of aliphatic hydroxyl groups excluding tert-OH is 1. The maximum atomic E-state index is 10.7. The van der Waals surface area contributed by atoms with Crippen LogP contribution in [0.2, 0.25) is 0 Å². The molecule has 6 fully saturated rings. The van der Waals surface area contributed by atoms with E-state index >= 15 is 0 Å². The Labute approximate surface area is 126 Å². The first kappa shape index (κ1) is 13.3. The molecule has 6 aliphatic rings. The van der Waals surface area contributed by atoms with Gasteiger partial charge in [-0.15, -0.1) is 0 Å². The summed E-state index contributed by atoms with van der Waals surface area (Å²) in [7, 11) is 0. The third kappa shape index (κ3) is 1.55. The van der Waals surface area contributed by atoms with E-state index in [0.717, 1.165) is 17.8 Å². The van der Waals surface area contributed by atoms with Crippen molar-refractivity contribution >= 4 is 0 Å². The SMILES string of the molecule is CC1(C)O[C@@H]2COC(O)[C@]2(C23CC4CC(CC(C4)C2)C3)O1. The van der Waals surface area contributed by atoms with Gasteiger partial charge >= 0.3 is 0 Å². The molecule has 4 heteroatoms. The smallest absolute Gasteiger partial charge is 0.187 e. The fourth-order valence-corrected chi connectivity index (χ4v) is 6.90. The monoisotopic (exact) mass is 294 g/mol. The molecule has 4 aliphatic carbocycles. The molecule has 6 rings (SSSR count). The largest absolute Gasteiger partial charge is 0.365 e. The van der Waals surface area contributed by atoms with E-state index in [9.17, 15) is 5.11 Å². The Bertz CT molecular complexity index is 438. The standard InChI is InChI=1S/C17H26O4/c1-15(2)20-13-9-19-14(18)17(13,21-15)16-6-10-3-11(7-16)5-12(4-10)8-16/h10-14,18H,3-9H2,1-2H3/t10?,11?,12?,13-,14?,16?,17-/m1/s1. The molecule has 21 heavy (non-hydrogen) atoms. The summed E-state index contributed by atoms with van der Waals surface area (Å²) in [5, 5.41) is 10.7. The second-order valence-electron chi connectivity index (χ2n) is 8.79. The van der Waals surface area contributed by atoms with Crippen LogP contribution < -0.4 is 0 Å². The van der Waals surface area contributed by atoms with Crippen LogP contribution in [-0.4, -0.2) is 35.5 Å². The molecule has 2 aliphatic heterocycles. The van der Waals surface area contributed by atoms with E-state index in [4.69, 9.17) is 14.2 Å². The van der Waals surface area contributed by atoms with Crippen LogP contribution in [0.1, 0.15) is 52.4 Å². The van der Waals surface area contributed by atoms with Crippen LogP contribution in [0, 0.1) is 23.2 Å². The summed E-state index contributed by atoms with van der Waals surface area (Å²) in [5.74, 6) is 1.86. The first-order chi connectivity index (χ1) is 9.93. The summed E-state index contributed by atoms with van der Waals surface area (Å²) < 4.78 is 18.2. The molecule has 0 spiro atoms.